The van der Waals surface area contributed by atoms with Crippen molar-refractivity contribution >= 4 is 23.2 Å². The maximum Gasteiger partial charge on any atom is 0.407 e. The first-order valence-electron chi connectivity index (χ1n) is 13.3. The zero-order chi connectivity index (χ0) is 25.4. The summed E-state index contributed by atoms with van der Waals surface area (Å²) in [5.74, 6) is 0.612. The molecule has 37 heavy (non-hydrogen) atoms. The highest BCUT2D eigenvalue weighted by atomic mass is 16.5. The van der Waals surface area contributed by atoms with Gasteiger partial charge < -0.3 is 25.2 Å². The summed E-state index contributed by atoms with van der Waals surface area (Å²) in [4.78, 5) is 28.9. The van der Waals surface area contributed by atoms with E-state index in [2.05, 4.69) is 63.2 Å². The van der Waals surface area contributed by atoms with Gasteiger partial charge in [0.2, 0.25) is 5.91 Å². The first-order valence-corrected chi connectivity index (χ1v) is 13.3. The second-order valence-corrected chi connectivity index (χ2v) is 10.4. The van der Waals surface area contributed by atoms with Gasteiger partial charge >= 0.3 is 6.09 Å². The van der Waals surface area contributed by atoms with Crippen LogP contribution in [-0.4, -0.2) is 72.9 Å². The number of piperidine rings is 1. The number of fused-ring (bicyclic) bond motifs is 1. The third kappa shape index (κ3) is 4.64. The van der Waals surface area contributed by atoms with Crippen molar-refractivity contribution in [1.82, 2.24) is 25.1 Å². The minimum Gasteiger partial charge on any atom is -0.453 e. The number of hydrogen-bond donors (Lipinski definition) is 2. The summed E-state index contributed by atoms with van der Waals surface area (Å²) in [5.41, 5.74) is 5.05. The summed E-state index contributed by atoms with van der Waals surface area (Å²) in [6.45, 7) is 4.89. The van der Waals surface area contributed by atoms with Crippen molar-refractivity contribution in [2.75, 3.05) is 51.3 Å². The topological polar surface area (TPSA) is 91.2 Å². The summed E-state index contributed by atoms with van der Waals surface area (Å²) < 4.78 is 6.85. The molecule has 9 nitrogen and oxygen atoms in total. The highest BCUT2D eigenvalue weighted by molar-refractivity contribution is 5.82. The number of alkyl carbamates (subject to hydrolysis) is 1. The zero-order valence-corrected chi connectivity index (χ0v) is 21.3. The van der Waals surface area contributed by atoms with E-state index < -0.39 is 11.6 Å². The molecule has 9 heteroatoms. The number of hydrogen-bond acceptors (Lipinski definition) is 6. The fourth-order valence-corrected chi connectivity index (χ4v) is 5.75. The largest absolute Gasteiger partial charge is 0.453 e. The van der Waals surface area contributed by atoms with Gasteiger partial charge in [0.05, 0.1) is 23.9 Å². The zero-order valence-electron chi connectivity index (χ0n) is 21.3. The number of carbonyl (C=O) groups is 2. The van der Waals surface area contributed by atoms with E-state index in [-0.39, 0.29) is 5.92 Å². The number of nitrogens with zero attached hydrogens (tertiary/aromatic N) is 4. The van der Waals surface area contributed by atoms with Crippen LogP contribution < -0.4 is 15.5 Å². The van der Waals surface area contributed by atoms with Crippen LogP contribution in [0.1, 0.15) is 31.2 Å². The molecule has 2 saturated heterocycles. The van der Waals surface area contributed by atoms with E-state index in [1.807, 2.05) is 15.6 Å². The summed E-state index contributed by atoms with van der Waals surface area (Å²) in [6, 6.07) is 12.7. The van der Waals surface area contributed by atoms with Crippen LogP contribution in [0.2, 0.25) is 0 Å². The smallest absolute Gasteiger partial charge is 0.407 e. The van der Waals surface area contributed by atoms with Crippen LogP contribution >= 0.6 is 0 Å². The van der Waals surface area contributed by atoms with E-state index in [9.17, 15) is 9.59 Å². The third-order valence-corrected chi connectivity index (χ3v) is 8.10. The number of carbonyl (C=O) groups excluding carboxylic acids is 2. The van der Waals surface area contributed by atoms with Crippen molar-refractivity contribution < 1.29 is 14.3 Å². The van der Waals surface area contributed by atoms with Gasteiger partial charge in [-0.15, -0.1) is 0 Å². The van der Waals surface area contributed by atoms with Crippen LogP contribution in [0.4, 0.5) is 10.5 Å². The Balaban J connectivity index is 1.22. The summed E-state index contributed by atoms with van der Waals surface area (Å²) in [5, 5.41) is 11.0. The van der Waals surface area contributed by atoms with Crippen molar-refractivity contribution in [2.45, 2.75) is 31.2 Å². The second kappa shape index (κ2) is 9.70. The maximum atomic E-state index is 12.5. The van der Waals surface area contributed by atoms with Crippen molar-refractivity contribution in [2.24, 2.45) is 5.92 Å². The molecule has 0 bridgehead atoms. The van der Waals surface area contributed by atoms with Crippen LogP contribution in [0.5, 0.6) is 0 Å². The summed E-state index contributed by atoms with van der Waals surface area (Å²) in [6.07, 6.45) is 7.23. The lowest BCUT2D eigenvalue weighted by molar-refractivity contribution is -0.132. The second-order valence-electron chi connectivity index (χ2n) is 10.4. The Bertz CT molecular complexity index is 1280. The van der Waals surface area contributed by atoms with E-state index in [0.29, 0.717) is 5.91 Å². The standard InChI is InChI=1S/C28H34N6O3/c1-37-27(36)31-28(9-12-29-13-10-28)23-6-4-20(5-7-23)22-18-25-24(8-11-30-34(25)19-22)32-14-16-33(17-15-32)26(35)21-2-3-21/h4-8,11,18-19,21,29H,2-3,9-10,12-17H2,1H3,(H,31,36). The first kappa shape index (κ1) is 23.8. The van der Waals surface area contributed by atoms with Gasteiger partial charge in [-0.3, -0.25) is 4.79 Å². The van der Waals surface area contributed by atoms with Gasteiger partial charge in [-0.1, -0.05) is 24.3 Å². The predicted molar refractivity (Wildman–Crippen MR) is 141 cm³/mol. The molecule has 1 aliphatic carbocycles. The minimum atomic E-state index is -0.430. The molecule has 3 aromatic rings. The average Bonchev–Trinajstić information content (AvgIpc) is 3.71. The fraction of sp³-hybridized carbons (Fsp3) is 0.464. The molecule has 0 radical (unpaired) electrons. The lowest BCUT2D eigenvalue weighted by Gasteiger charge is -2.38. The molecule has 0 atom stereocenters. The highest BCUT2D eigenvalue weighted by Gasteiger charge is 2.36. The summed E-state index contributed by atoms with van der Waals surface area (Å²) in [7, 11) is 1.40. The van der Waals surface area contributed by atoms with Crippen molar-refractivity contribution in [1.29, 1.82) is 0 Å². The SMILES string of the molecule is COC(=O)NC1(c2ccc(-c3cc4c(N5CCN(C(=O)C6CC6)CC5)ccnn4c3)cc2)CCNCC1. The molecule has 2 aromatic heterocycles. The molecule has 3 aliphatic rings. The Morgan fingerprint density at radius 3 is 2.43 bits per heavy atom. The van der Waals surface area contributed by atoms with E-state index in [0.717, 1.165) is 92.8 Å². The molecule has 1 saturated carbocycles. The van der Waals surface area contributed by atoms with Crippen LogP contribution in [-0.2, 0) is 15.1 Å². The molecule has 1 aromatic carbocycles. The van der Waals surface area contributed by atoms with Crippen molar-refractivity contribution in [3.8, 4) is 11.1 Å². The molecule has 3 fully saturated rings. The molecule has 0 unspecified atom stereocenters. The molecular formula is C28H34N6O3. The van der Waals surface area contributed by atoms with Gasteiger partial charge in [0.15, 0.2) is 0 Å². The number of aromatic nitrogens is 2. The lowest BCUT2D eigenvalue weighted by Crippen LogP contribution is -2.52. The van der Waals surface area contributed by atoms with Gasteiger partial charge in [-0.2, -0.15) is 5.10 Å². The van der Waals surface area contributed by atoms with Gasteiger partial charge in [-0.25, -0.2) is 9.31 Å². The number of piperazine rings is 1. The summed E-state index contributed by atoms with van der Waals surface area (Å²) >= 11 is 0. The van der Waals surface area contributed by atoms with Crippen molar-refractivity contribution in [3.05, 3.63) is 54.4 Å². The Labute approximate surface area is 216 Å². The third-order valence-electron chi connectivity index (χ3n) is 8.10. The molecule has 2 N–H and O–H groups in total. The molecule has 2 amide bonds. The Kier molecular flexibility index (Phi) is 6.24. The van der Waals surface area contributed by atoms with Gasteiger partial charge in [0.25, 0.3) is 0 Å². The quantitative estimate of drug-likeness (QED) is 0.558. The molecule has 194 valence electrons. The number of rotatable bonds is 5. The Morgan fingerprint density at radius 1 is 1.03 bits per heavy atom. The number of methoxy groups -OCH3 is 1. The molecular weight excluding hydrogens is 468 g/mol. The van der Waals surface area contributed by atoms with E-state index in [4.69, 9.17) is 4.74 Å². The first-order chi connectivity index (χ1) is 18.1. The number of nitrogens with one attached hydrogen (secondary N) is 2. The van der Waals surface area contributed by atoms with Crippen LogP contribution in [0.3, 0.4) is 0 Å². The van der Waals surface area contributed by atoms with E-state index in [1.54, 1.807) is 0 Å². The molecule has 6 rings (SSSR count). The van der Waals surface area contributed by atoms with Gasteiger partial charge in [0, 0.05) is 50.1 Å². The highest BCUT2D eigenvalue weighted by Crippen LogP contribution is 2.35. The van der Waals surface area contributed by atoms with Gasteiger partial charge in [-0.05, 0) is 62.0 Å². The fourth-order valence-electron chi connectivity index (χ4n) is 5.75. The predicted octanol–water partition coefficient (Wildman–Crippen LogP) is 2.99. The maximum absolute atomic E-state index is 12.5. The number of anilines is 1. The minimum absolute atomic E-state index is 0.277. The van der Waals surface area contributed by atoms with E-state index >= 15 is 0 Å². The van der Waals surface area contributed by atoms with Crippen molar-refractivity contribution in [3.63, 3.8) is 0 Å². The number of amides is 2. The Morgan fingerprint density at radius 2 is 1.76 bits per heavy atom. The van der Waals surface area contributed by atoms with Gasteiger partial charge in [0.1, 0.15) is 0 Å². The van der Waals surface area contributed by atoms with E-state index in [1.165, 1.54) is 7.11 Å². The monoisotopic (exact) mass is 502 g/mol. The van der Waals surface area contributed by atoms with Crippen LogP contribution in [0, 0.1) is 5.92 Å². The lowest BCUT2D eigenvalue weighted by atomic mass is 9.81. The molecule has 2 aliphatic heterocycles. The van der Waals surface area contributed by atoms with Crippen LogP contribution in [0.25, 0.3) is 16.6 Å². The number of ether oxygens (including phenoxy) is 1. The molecule has 0 spiro atoms. The molecule has 4 heterocycles. The normalized spacial score (nSPS) is 19.6. The van der Waals surface area contributed by atoms with Crippen LogP contribution in [0.15, 0.2) is 48.8 Å². The number of benzene rings is 1. The Hall–Kier alpha value is -3.59. The average molecular weight is 503 g/mol.